The molecule has 0 aliphatic carbocycles. The van der Waals surface area contributed by atoms with Gasteiger partial charge >= 0.3 is 6.09 Å². The molecule has 2 atom stereocenters. The van der Waals surface area contributed by atoms with Crippen molar-refractivity contribution in [1.82, 2.24) is 19.4 Å². The molecule has 40 heavy (non-hydrogen) atoms. The van der Waals surface area contributed by atoms with Crippen LogP contribution >= 0.6 is 0 Å². The van der Waals surface area contributed by atoms with Crippen LogP contribution in [-0.4, -0.2) is 89.4 Å². The van der Waals surface area contributed by atoms with Gasteiger partial charge in [0.2, 0.25) is 5.91 Å². The van der Waals surface area contributed by atoms with Crippen LogP contribution in [0.25, 0.3) is 11.0 Å². The number of fused-ring (bicyclic) bond motifs is 1. The van der Waals surface area contributed by atoms with E-state index in [1.54, 1.807) is 39.9 Å². The SMILES string of the molecule is COCCCCn1c(C(=O)N(CC(C)C)[C@H]2C[C@@H](C(N)=O)CN(C(=O)OC(C)(C)C)C2)nc2c(OC)cccc21. The molecule has 1 aliphatic rings. The molecule has 3 rings (SSSR count). The number of amides is 3. The van der Waals surface area contributed by atoms with Crippen molar-refractivity contribution in [3.63, 3.8) is 0 Å². The lowest BCUT2D eigenvalue weighted by Crippen LogP contribution is -2.57. The molecule has 3 amide bonds. The fourth-order valence-corrected chi connectivity index (χ4v) is 5.09. The summed E-state index contributed by atoms with van der Waals surface area (Å²) in [5, 5.41) is 0. The topological polar surface area (TPSA) is 129 Å². The Bertz CT molecular complexity index is 1190. The van der Waals surface area contributed by atoms with Gasteiger partial charge < -0.3 is 34.3 Å². The Hall–Kier alpha value is -3.34. The Kier molecular flexibility index (Phi) is 10.4. The zero-order valence-electron chi connectivity index (χ0n) is 24.9. The Morgan fingerprint density at radius 1 is 1.15 bits per heavy atom. The quantitative estimate of drug-likeness (QED) is 0.416. The number of rotatable bonds is 11. The molecule has 0 bridgehead atoms. The predicted octanol–water partition coefficient (Wildman–Crippen LogP) is 3.68. The zero-order valence-corrected chi connectivity index (χ0v) is 24.9. The van der Waals surface area contributed by atoms with Crippen molar-refractivity contribution < 1.29 is 28.6 Å². The van der Waals surface area contributed by atoms with E-state index < -0.39 is 29.6 Å². The number of imidazole rings is 1. The van der Waals surface area contributed by atoms with Crippen LogP contribution in [0.4, 0.5) is 4.79 Å². The number of likely N-dealkylation sites (tertiary alicyclic amines) is 1. The number of piperidine rings is 1. The first-order valence-corrected chi connectivity index (χ1v) is 14.0. The van der Waals surface area contributed by atoms with Gasteiger partial charge in [0.15, 0.2) is 5.82 Å². The van der Waals surface area contributed by atoms with Crippen LogP contribution in [0.15, 0.2) is 18.2 Å². The summed E-state index contributed by atoms with van der Waals surface area (Å²) >= 11 is 0. The van der Waals surface area contributed by atoms with Crippen molar-refractivity contribution in [2.45, 2.75) is 72.1 Å². The molecule has 1 aromatic carbocycles. The van der Waals surface area contributed by atoms with Gasteiger partial charge in [-0.15, -0.1) is 0 Å². The fraction of sp³-hybridized carbons (Fsp3) is 0.655. The number of unbranched alkanes of at least 4 members (excludes halogenated alkanes) is 1. The number of carbonyl (C=O) groups excluding carboxylic acids is 3. The summed E-state index contributed by atoms with van der Waals surface area (Å²) in [6, 6.07) is 5.18. The number of aromatic nitrogens is 2. The average Bonchev–Trinajstić information content (AvgIpc) is 3.26. The molecule has 1 aromatic heterocycles. The highest BCUT2D eigenvalue weighted by atomic mass is 16.6. The summed E-state index contributed by atoms with van der Waals surface area (Å²) in [6.07, 6.45) is 1.44. The highest BCUT2D eigenvalue weighted by Gasteiger charge is 2.40. The Morgan fingerprint density at radius 3 is 2.48 bits per heavy atom. The van der Waals surface area contributed by atoms with Crippen LogP contribution in [0.1, 0.15) is 64.5 Å². The number of ether oxygens (including phenoxy) is 3. The van der Waals surface area contributed by atoms with E-state index in [1.165, 1.54) is 4.90 Å². The highest BCUT2D eigenvalue weighted by Crippen LogP contribution is 2.29. The summed E-state index contributed by atoms with van der Waals surface area (Å²) < 4.78 is 18.3. The standard InChI is InChI=1S/C29H45N5O6/c1-19(2)16-34(21-15-20(25(30)35)17-32(18-21)28(37)40-29(3,4)5)27(36)26-31-24-22(11-10-12-23(24)39-7)33(26)13-8-9-14-38-6/h10-12,19-21H,8-9,13-18H2,1-7H3,(H2,30,35)/t20-,21+/m1/s1. The van der Waals surface area contributed by atoms with Gasteiger partial charge in [0.25, 0.3) is 5.91 Å². The van der Waals surface area contributed by atoms with E-state index in [-0.39, 0.29) is 24.9 Å². The van der Waals surface area contributed by atoms with E-state index in [1.807, 2.05) is 36.6 Å². The second-order valence-electron chi connectivity index (χ2n) is 11.8. The van der Waals surface area contributed by atoms with Crippen LogP contribution in [0, 0.1) is 11.8 Å². The van der Waals surface area contributed by atoms with E-state index in [2.05, 4.69) is 0 Å². The van der Waals surface area contributed by atoms with Crippen LogP contribution < -0.4 is 10.5 Å². The van der Waals surface area contributed by atoms with Crippen LogP contribution in [-0.2, 0) is 20.8 Å². The van der Waals surface area contributed by atoms with Gasteiger partial charge in [-0.05, 0) is 58.1 Å². The lowest BCUT2D eigenvalue weighted by molar-refractivity contribution is -0.124. The maximum Gasteiger partial charge on any atom is 0.410 e. The lowest BCUT2D eigenvalue weighted by Gasteiger charge is -2.42. The third-order valence-electron chi connectivity index (χ3n) is 6.88. The Morgan fingerprint density at radius 2 is 1.88 bits per heavy atom. The van der Waals surface area contributed by atoms with Crippen molar-refractivity contribution in [2.75, 3.05) is 40.5 Å². The molecule has 0 saturated carbocycles. The lowest BCUT2D eigenvalue weighted by atomic mass is 9.92. The third-order valence-corrected chi connectivity index (χ3v) is 6.88. The largest absolute Gasteiger partial charge is 0.494 e. The van der Waals surface area contributed by atoms with Gasteiger partial charge in [0.05, 0.1) is 24.6 Å². The van der Waals surface area contributed by atoms with E-state index in [4.69, 9.17) is 24.9 Å². The minimum atomic E-state index is -0.702. The second-order valence-corrected chi connectivity index (χ2v) is 11.8. The molecule has 2 heterocycles. The van der Waals surface area contributed by atoms with Gasteiger partial charge in [0, 0.05) is 39.9 Å². The van der Waals surface area contributed by atoms with Crippen molar-refractivity contribution in [1.29, 1.82) is 0 Å². The van der Waals surface area contributed by atoms with Gasteiger partial charge in [-0.2, -0.15) is 0 Å². The maximum atomic E-state index is 14.4. The summed E-state index contributed by atoms with van der Waals surface area (Å²) in [5.74, 6) is -0.380. The average molecular weight is 560 g/mol. The van der Waals surface area contributed by atoms with Gasteiger partial charge in [-0.1, -0.05) is 19.9 Å². The molecule has 0 unspecified atom stereocenters. The van der Waals surface area contributed by atoms with E-state index in [9.17, 15) is 14.4 Å². The molecule has 222 valence electrons. The molecule has 1 fully saturated rings. The number of aryl methyl sites for hydroxylation is 1. The second kappa shape index (κ2) is 13.3. The molecule has 0 radical (unpaired) electrons. The van der Waals surface area contributed by atoms with E-state index in [0.717, 1.165) is 18.4 Å². The number of nitrogens with two attached hydrogens (primary N) is 1. The van der Waals surface area contributed by atoms with E-state index >= 15 is 0 Å². The number of hydrogen-bond donors (Lipinski definition) is 1. The van der Waals surface area contributed by atoms with E-state index in [0.29, 0.717) is 43.2 Å². The van der Waals surface area contributed by atoms with Crippen molar-refractivity contribution in [3.8, 4) is 5.75 Å². The molecule has 1 aliphatic heterocycles. The molecule has 0 spiro atoms. The Balaban J connectivity index is 2.03. The number of hydrogen-bond acceptors (Lipinski definition) is 7. The molecule has 2 aromatic rings. The normalized spacial score (nSPS) is 17.8. The van der Waals surface area contributed by atoms with Crippen LogP contribution in [0.3, 0.4) is 0 Å². The minimum absolute atomic E-state index is 0.127. The van der Waals surface area contributed by atoms with Crippen molar-refractivity contribution in [3.05, 3.63) is 24.0 Å². The van der Waals surface area contributed by atoms with Gasteiger partial charge in [0.1, 0.15) is 16.9 Å². The first-order valence-electron chi connectivity index (χ1n) is 14.0. The third kappa shape index (κ3) is 7.65. The molecule has 11 heteroatoms. The molecular formula is C29H45N5O6. The number of methoxy groups -OCH3 is 2. The van der Waals surface area contributed by atoms with Crippen molar-refractivity contribution >= 4 is 28.9 Å². The summed E-state index contributed by atoms with van der Waals surface area (Å²) in [6.45, 7) is 11.4. The molecular weight excluding hydrogens is 514 g/mol. The predicted molar refractivity (Wildman–Crippen MR) is 152 cm³/mol. The summed E-state index contributed by atoms with van der Waals surface area (Å²) in [7, 11) is 3.25. The van der Waals surface area contributed by atoms with Gasteiger partial charge in [-0.25, -0.2) is 9.78 Å². The first kappa shape index (κ1) is 31.2. The summed E-state index contributed by atoms with van der Waals surface area (Å²) in [5.41, 5.74) is 6.44. The number of benzene rings is 1. The molecule has 11 nitrogen and oxygen atoms in total. The smallest absolute Gasteiger partial charge is 0.410 e. The highest BCUT2D eigenvalue weighted by molar-refractivity contribution is 5.96. The van der Waals surface area contributed by atoms with Crippen molar-refractivity contribution in [2.24, 2.45) is 17.6 Å². The Labute approximate surface area is 236 Å². The summed E-state index contributed by atoms with van der Waals surface area (Å²) in [4.78, 5) is 47.8. The monoisotopic (exact) mass is 559 g/mol. The zero-order chi connectivity index (χ0) is 29.6. The number of nitrogens with zero attached hydrogens (tertiary/aromatic N) is 4. The van der Waals surface area contributed by atoms with Crippen LogP contribution in [0.5, 0.6) is 5.75 Å². The number of primary amides is 1. The molecule has 1 saturated heterocycles. The number of para-hydroxylation sites is 1. The van der Waals surface area contributed by atoms with Gasteiger partial charge in [-0.3, -0.25) is 9.59 Å². The minimum Gasteiger partial charge on any atom is -0.494 e. The fourth-order valence-electron chi connectivity index (χ4n) is 5.09. The number of carbonyl (C=O) groups is 3. The van der Waals surface area contributed by atoms with Crippen LogP contribution in [0.2, 0.25) is 0 Å². The first-order chi connectivity index (χ1) is 18.9. The maximum absolute atomic E-state index is 14.4. The molecule has 2 N–H and O–H groups in total.